The van der Waals surface area contributed by atoms with Crippen LogP contribution in [0.15, 0.2) is 53.8 Å². The van der Waals surface area contributed by atoms with Crippen molar-refractivity contribution in [2.45, 2.75) is 6.61 Å². The summed E-state index contributed by atoms with van der Waals surface area (Å²) < 4.78 is 11.6. The number of nitrogens with one attached hydrogen (secondary N) is 1. The summed E-state index contributed by atoms with van der Waals surface area (Å²) in [6.07, 6.45) is 3.30. The minimum absolute atomic E-state index is 0.218. The average molecular weight is 418 g/mol. The van der Waals surface area contributed by atoms with E-state index in [1.54, 1.807) is 43.8 Å². The molecule has 0 bridgehead atoms. The van der Waals surface area contributed by atoms with Crippen molar-refractivity contribution in [3.63, 3.8) is 0 Å². The van der Waals surface area contributed by atoms with E-state index < -0.39 is 5.97 Å². The number of hydrogen-bond acceptors (Lipinski definition) is 7. The van der Waals surface area contributed by atoms with Gasteiger partial charge >= 0.3 is 5.97 Å². The molecule has 3 aromatic rings. The molecule has 0 aliphatic rings. The Kier molecular flexibility index (Phi) is 6.46. The molecule has 2 aromatic carbocycles. The van der Waals surface area contributed by atoms with Crippen LogP contribution in [0.25, 0.3) is 0 Å². The van der Waals surface area contributed by atoms with E-state index in [-0.39, 0.29) is 5.56 Å². The normalized spacial score (nSPS) is 10.8. The summed E-state index contributed by atoms with van der Waals surface area (Å²) >= 11 is 7.18. The first-order valence-electron chi connectivity index (χ1n) is 8.08. The number of ether oxygens (including phenoxy) is 2. The number of carbonyl (C=O) groups is 1. The Hall–Kier alpha value is -3.10. The Morgan fingerprint density at radius 3 is 2.71 bits per heavy atom. The van der Waals surface area contributed by atoms with Crippen molar-refractivity contribution in [2.75, 3.05) is 12.5 Å². The monoisotopic (exact) mass is 417 g/mol. The molecule has 0 atom stereocenters. The number of benzene rings is 2. The van der Waals surface area contributed by atoms with Crippen molar-refractivity contribution in [1.82, 2.24) is 4.98 Å². The lowest BCUT2D eigenvalue weighted by atomic mass is 10.2. The van der Waals surface area contributed by atoms with Gasteiger partial charge in [0.05, 0.1) is 29.5 Å². The van der Waals surface area contributed by atoms with Crippen LogP contribution in [0.2, 0.25) is 4.47 Å². The SMILES string of the molecule is COc1cc(/C=N\Nc2ccc(C(=O)O)cc2)ccc1OCc1cnc(Cl)s1. The van der Waals surface area contributed by atoms with Crippen molar-refractivity contribution in [1.29, 1.82) is 0 Å². The van der Waals surface area contributed by atoms with Crippen molar-refractivity contribution >= 4 is 40.8 Å². The number of methoxy groups -OCH3 is 1. The number of aromatic carboxylic acids is 1. The molecular formula is C19H16ClN3O4S. The van der Waals surface area contributed by atoms with Crippen LogP contribution in [0.4, 0.5) is 5.69 Å². The van der Waals surface area contributed by atoms with Gasteiger partial charge in [-0.2, -0.15) is 5.10 Å². The molecule has 1 heterocycles. The van der Waals surface area contributed by atoms with Crippen molar-refractivity contribution in [3.8, 4) is 11.5 Å². The molecule has 0 unspecified atom stereocenters. The fraction of sp³-hybridized carbons (Fsp3) is 0.105. The fourth-order valence-electron chi connectivity index (χ4n) is 2.25. The number of hydrazone groups is 1. The molecule has 0 radical (unpaired) electrons. The van der Waals surface area contributed by atoms with Gasteiger partial charge in [0.15, 0.2) is 16.0 Å². The molecule has 0 saturated heterocycles. The summed E-state index contributed by atoms with van der Waals surface area (Å²) in [6.45, 7) is 0.349. The van der Waals surface area contributed by atoms with E-state index >= 15 is 0 Å². The molecule has 1 aromatic heterocycles. The average Bonchev–Trinajstić information content (AvgIpc) is 3.12. The Morgan fingerprint density at radius 2 is 2.07 bits per heavy atom. The molecule has 7 nitrogen and oxygen atoms in total. The molecule has 0 saturated carbocycles. The first kappa shape index (κ1) is 19.7. The van der Waals surface area contributed by atoms with E-state index in [1.165, 1.54) is 23.5 Å². The maximum atomic E-state index is 10.8. The number of aromatic nitrogens is 1. The van der Waals surface area contributed by atoms with E-state index in [9.17, 15) is 4.79 Å². The number of halogens is 1. The molecule has 28 heavy (non-hydrogen) atoms. The molecule has 0 aliphatic heterocycles. The van der Waals surface area contributed by atoms with Crippen molar-refractivity contribution in [3.05, 3.63) is 69.1 Å². The van der Waals surface area contributed by atoms with Crippen LogP contribution in [-0.2, 0) is 6.61 Å². The highest BCUT2D eigenvalue weighted by Gasteiger charge is 2.07. The number of rotatable bonds is 8. The lowest BCUT2D eigenvalue weighted by Gasteiger charge is -2.10. The maximum Gasteiger partial charge on any atom is 0.335 e. The zero-order valence-corrected chi connectivity index (χ0v) is 16.3. The Balaban J connectivity index is 1.62. The third kappa shape index (κ3) is 5.21. The smallest absolute Gasteiger partial charge is 0.335 e. The first-order chi connectivity index (χ1) is 13.5. The van der Waals surface area contributed by atoms with Gasteiger partial charge in [0, 0.05) is 6.20 Å². The third-order valence-electron chi connectivity index (χ3n) is 3.62. The second-order valence-electron chi connectivity index (χ2n) is 5.53. The van der Waals surface area contributed by atoms with Gasteiger partial charge in [-0.05, 0) is 48.0 Å². The van der Waals surface area contributed by atoms with Gasteiger partial charge in [0.1, 0.15) is 6.61 Å². The van der Waals surface area contributed by atoms with E-state index in [4.69, 9.17) is 26.2 Å². The van der Waals surface area contributed by atoms with E-state index in [0.29, 0.717) is 28.3 Å². The molecule has 0 amide bonds. The standard InChI is InChI=1S/C19H16ClN3O4S/c1-26-17-8-12(2-7-16(17)27-11-15-10-21-19(20)28-15)9-22-23-14-5-3-13(4-6-14)18(24)25/h2-10,23H,11H2,1H3,(H,24,25)/b22-9-. The minimum atomic E-state index is -0.970. The third-order valence-corrected chi connectivity index (χ3v) is 4.71. The van der Waals surface area contributed by atoms with Crippen LogP contribution in [0.5, 0.6) is 11.5 Å². The fourth-order valence-corrected chi connectivity index (χ4v) is 3.14. The lowest BCUT2D eigenvalue weighted by molar-refractivity contribution is 0.0697. The zero-order chi connectivity index (χ0) is 19.9. The van der Waals surface area contributed by atoms with Gasteiger partial charge in [0.2, 0.25) is 0 Å². The van der Waals surface area contributed by atoms with Crippen LogP contribution in [-0.4, -0.2) is 29.4 Å². The summed E-state index contributed by atoms with van der Waals surface area (Å²) in [4.78, 5) is 15.7. The number of hydrogen-bond donors (Lipinski definition) is 2. The molecule has 0 spiro atoms. The molecule has 144 valence electrons. The van der Waals surface area contributed by atoms with Crippen LogP contribution in [0, 0.1) is 0 Å². The number of carboxylic acid groups (broad SMARTS) is 1. The predicted molar refractivity (Wildman–Crippen MR) is 109 cm³/mol. The zero-order valence-electron chi connectivity index (χ0n) is 14.8. The van der Waals surface area contributed by atoms with Gasteiger partial charge in [-0.15, -0.1) is 11.3 Å². The largest absolute Gasteiger partial charge is 0.493 e. The molecule has 9 heteroatoms. The topological polar surface area (TPSA) is 93.0 Å². The molecule has 0 fully saturated rings. The quantitative estimate of drug-likeness (QED) is 0.413. The summed E-state index contributed by atoms with van der Waals surface area (Å²) in [5.74, 6) is 0.203. The van der Waals surface area contributed by atoms with Crippen LogP contribution < -0.4 is 14.9 Å². The first-order valence-corrected chi connectivity index (χ1v) is 9.28. The summed E-state index contributed by atoms with van der Waals surface area (Å²) in [7, 11) is 1.56. The van der Waals surface area contributed by atoms with Crippen LogP contribution in [0.1, 0.15) is 20.8 Å². The lowest BCUT2D eigenvalue weighted by Crippen LogP contribution is -1.98. The Labute approximate surface area is 170 Å². The van der Waals surface area contributed by atoms with Crippen LogP contribution in [0.3, 0.4) is 0 Å². The number of anilines is 1. The minimum Gasteiger partial charge on any atom is -0.493 e. The maximum absolute atomic E-state index is 10.8. The second kappa shape index (κ2) is 9.20. The van der Waals surface area contributed by atoms with Gasteiger partial charge in [-0.3, -0.25) is 5.43 Å². The summed E-state index contributed by atoms with van der Waals surface area (Å²) in [5.41, 5.74) is 4.55. The van der Waals surface area contributed by atoms with Gasteiger partial charge in [-0.1, -0.05) is 11.6 Å². The highest BCUT2D eigenvalue weighted by molar-refractivity contribution is 7.15. The number of nitrogens with zero attached hydrogens (tertiary/aromatic N) is 2. The van der Waals surface area contributed by atoms with Crippen LogP contribution >= 0.6 is 22.9 Å². The number of carboxylic acids is 1. The van der Waals surface area contributed by atoms with E-state index in [2.05, 4.69) is 15.5 Å². The highest BCUT2D eigenvalue weighted by atomic mass is 35.5. The Morgan fingerprint density at radius 1 is 1.29 bits per heavy atom. The highest BCUT2D eigenvalue weighted by Crippen LogP contribution is 2.29. The van der Waals surface area contributed by atoms with Gasteiger partial charge < -0.3 is 14.6 Å². The Bertz CT molecular complexity index is 989. The summed E-state index contributed by atoms with van der Waals surface area (Å²) in [6, 6.07) is 11.7. The van der Waals surface area contributed by atoms with Crippen molar-refractivity contribution < 1.29 is 19.4 Å². The second-order valence-corrected chi connectivity index (χ2v) is 7.23. The molecule has 2 N–H and O–H groups in total. The van der Waals surface area contributed by atoms with Gasteiger partial charge in [-0.25, -0.2) is 9.78 Å². The number of thiazole rings is 1. The molecular weight excluding hydrogens is 402 g/mol. The summed E-state index contributed by atoms with van der Waals surface area (Å²) in [5, 5.41) is 13.0. The molecule has 0 aliphatic carbocycles. The van der Waals surface area contributed by atoms with Gasteiger partial charge in [0.25, 0.3) is 0 Å². The van der Waals surface area contributed by atoms with Crippen molar-refractivity contribution in [2.24, 2.45) is 5.10 Å². The van der Waals surface area contributed by atoms with E-state index in [0.717, 1.165) is 10.4 Å². The molecule has 3 rings (SSSR count). The predicted octanol–water partition coefficient (Wildman–Crippen LogP) is 4.53. The van der Waals surface area contributed by atoms with E-state index in [1.807, 2.05) is 6.07 Å².